The van der Waals surface area contributed by atoms with Gasteiger partial charge < -0.3 is 5.32 Å². The van der Waals surface area contributed by atoms with Crippen LogP contribution >= 0.6 is 11.6 Å². The third-order valence-electron chi connectivity index (χ3n) is 3.35. The lowest BCUT2D eigenvalue weighted by molar-refractivity contribution is 0.691. The summed E-state index contributed by atoms with van der Waals surface area (Å²) in [5, 5.41) is 4.07. The van der Waals surface area contributed by atoms with Gasteiger partial charge in [-0.15, -0.1) is 0 Å². The Labute approximate surface area is 108 Å². The average molecular weight is 254 g/mol. The van der Waals surface area contributed by atoms with Gasteiger partial charge in [0.1, 0.15) is 16.8 Å². The Hall–Kier alpha value is -0.830. The van der Waals surface area contributed by atoms with Gasteiger partial charge >= 0.3 is 0 Å². The van der Waals surface area contributed by atoms with Gasteiger partial charge in [-0.05, 0) is 25.7 Å². The van der Waals surface area contributed by atoms with Crippen LogP contribution in [-0.4, -0.2) is 16.0 Å². The average Bonchev–Trinajstić information content (AvgIpc) is 3.03. The van der Waals surface area contributed by atoms with Crippen LogP contribution in [0.15, 0.2) is 0 Å². The fraction of sp³-hybridized carbons (Fsp3) is 0.692. The molecular formula is C13H20ClN3. The minimum absolute atomic E-state index is 0.576. The van der Waals surface area contributed by atoms with E-state index in [1.807, 2.05) is 13.8 Å². The Morgan fingerprint density at radius 2 is 2.12 bits per heavy atom. The zero-order chi connectivity index (χ0) is 12.4. The van der Waals surface area contributed by atoms with Gasteiger partial charge in [-0.3, -0.25) is 0 Å². The number of halogens is 1. The van der Waals surface area contributed by atoms with Gasteiger partial charge in [-0.1, -0.05) is 31.9 Å². The Morgan fingerprint density at radius 1 is 1.35 bits per heavy atom. The first-order chi connectivity index (χ1) is 8.15. The van der Waals surface area contributed by atoms with Crippen molar-refractivity contribution in [3.8, 4) is 0 Å². The predicted octanol–water partition coefficient (Wildman–Crippen LogP) is 3.60. The molecule has 0 bridgehead atoms. The number of rotatable bonds is 5. The third-order valence-corrected chi connectivity index (χ3v) is 3.72. The molecule has 3 nitrogen and oxygen atoms in total. The van der Waals surface area contributed by atoms with E-state index in [2.05, 4.69) is 22.2 Å². The zero-order valence-electron chi connectivity index (χ0n) is 10.8. The van der Waals surface area contributed by atoms with Gasteiger partial charge in [0.25, 0.3) is 0 Å². The van der Waals surface area contributed by atoms with Crippen LogP contribution in [0.1, 0.15) is 44.5 Å². The largest absolute Gasteiger partial charge is 0.367 e. The highest BCUT2D eigenvalue weighted by Gasteiger charge is 2.36. The van der Waals surface area contributed by atoms with Gasteiger partial charge in [-0.2, -0.15) is 0 Å². The van der Waals surface area contributed by atoms with Crippen molar-refractivity contribution >= 4 is 17.4 Å². The Morgan fingerprint density at radius 3 is 2.76 bits per heavy atom. The number of aryl methyl sites for hydroxylation is 1. The van der Waals surface area contributed by atoms with E-state index in [0.717, 1.165) is 29.5 Å². The first-order valence-corrected chi connectivity index (χ1v) is 6.83. The van der Waals surface area contributed by atoms with E-state index < -0.39 is 0 Å². The first kappa shape index (κ1) is 12.6. The highest BCUT2D eigenvalue weighted by molar-refractivity contribution is 6.30. The van der Waals surface area contributed by atoms with Crippen molar-refractivity contribution in [1.82, 2.24) is 9.97 Å². The predicted molar refractivity (Wildman–Crippen MR) is 71.6 cm³/mol. The van der Waals surface area contributed by atoms with E-state index in [9.17, 15) is 0 Å². The van der Waals surface area contributed by atoms with Gasteiger partial charge in [0.2, 0.25) is 0 Å². The van der Waals surface area contributed by atoms with Crippen LogP contribution in [0.4, 0.5) is 5.82 Å². The molecule has 2 atom stereocenters. The van der Waals surface area contributed by atoms with Crippen molar-refractivity contribution in [2.24, 2.45) is 5.92 Å². The van der Waals surface area contributed by atoms with Crippen molar-refractivity contribution in [3.05, 3.63) is 16.5 Å². The highest BCUT2D eigenvalue weighted by Crippen LogP contribution is 2.37. The van der Waals surface area contributed by atoms with Crippen LogP contribution < -0.4 is 5.32 Å². The lowest BCUT2D eigenvalue weighted by atomic mass is 10.2. The Kier molecular flexibility index (Phi) is 3.87. The van der Waals surface area contributed by atoms with E-state index in [0.29, 0.717) is 11.2 Å². The van der Waals surface area contributed by atoms with Crippen LogP contribution in [-0.2, 0) is 6.42 Å². The SMILES string of the molecule is CCCC1CC1Nc1nc(CC)nc(Cl)c1C. The van der Waals surface area contributed by atoms with Gasteiger partial charge in [0, 0.05) is 18.0 Å². The van der Waals surface area contributed by atoms with E-state index in [-0.39, 0.29) is 0 Å². The summed E-state index contributed by atoms with van der Waals surface area (Å²) in [5.41, 5.74) is 0.964. The summed E-state index contributed by atoms with van der Waals surface area (Å²) < 4.78 is 0. The summed E-state index contributed by atoms with van der Waals surface area (Å²) >= 11 is 6.11. The summed E-state index contributed by atoms with van der Waals surface area (Å²) in [6, 6.07) is 0.587. The molecule has 0 aromatic carbocycles. The lowest BCUT2D eigenvalue weighted by Crippen LogP contribution is -2.10. The first-order valence-electron chi connectivity index (χ1n) is 6.45. The number of nitrogens with zero attached hydrogens (tertiary/aromatic N) is 2. The van der Waals surface area contributed by atoms with Crippen LogP contribution in [0.25, 0.3) is 0 Å². The molecule has 1 fully saturated rings. The topological polar surface area (TPSA) is 37.8 Å². The van der Waals surface area contributed by atoms with Crippen LogP contribution in [0.2, 0.25) is 5.15 Å². The van der Waals surface area contributed by atoms with Crippen molar-refractivity contribution in [1.29, 1.82) is 0 Å². The molecule has 1 aromatic heterocycles. The molecule has 2 rings (SSSR count). The third kappa shape index (κ3) is 2.89. The van der Waals surface area contributed by atoms with Crippen molar-refractivity contribution in [3.63, 3.8) is 0 Å². The summed E-state index contributed by atoms with van der Waals surface area (Å²) in [6.07, 6.45) is 4.64. The lowest BCUT2D eigenvalue weighted by Gasteiger charge is -2.10. The summed E-state index contributed by atoms with van der Waals surface area (Å²) in [4.78, 5) is 8.77. The molecule has 0 spiro atoms. The second-order valence-electron chi connectivity index (χ2n) is 4.79. The Balaban J connectivity index is 2.08. The van der Waals surface area contributed by atoms with Crippen LogP contribution in [0.5, 0.6) is 0 Å². The fourth-order valence-electron chi connectivity index (χ4n) is 2.12. The Bertz CT molecular complexity index is 406. The molecule has 1 aliphatic carbocycles. The van der Waals surface area contributed by atoms with Gasteiger partial charge in [0.15, 0.2) is 0 Å². The molecule has 0 saturated heterocycles. The molecule has 94 valence electrons. The standard InChI is InChI=1S/C13H20ClN3/c1-4-6-9-7-10(9)15-13-8(3)12(14)16-11(5-2)17-13/h9-10H,4-7H2,1-3H3,(H,15,16,17). The summed E-state index contributed by atoms with van der Waals surface area (Å²) in [6.45, 7) is 6.25. The van der Waals surface area contributed by atoms with Crippen molar-refractivity contribution < 1.29 is 0 Å². The second kappa shape index (κ2) is 5.21. The number of aromatic nitrogens is 2. The zero-order valence-corrected chi connectivity index (χ0v) is 11.5. The molecule has 1 heterocycles. The summed E-state index contributed by atoms with van der Waals surface area (Å²) in [5.74, 6) is 2.56. The molecule has 4 heteroatoms. The van der Waals surface area contributed by atoms with E-state index >= 15 is 0 Å². The monoisotopic (exact) mass is 253 g/mol. The quantitative estimate of drug-likeness (QED) is 0.815. The van der Waals surface area contributed by atoms with Gasteiger partial charge in [-0.25, -0.2) is 9.97 Å². The highest BCUT2D eigenvalue weighted by atomic mass is 35.5. The number of hydrogen-bond donors (Lipinski definition) is 1. The molecular weight excluding hydrogens is 234 g/mol. The molecule has 1 aromatic rings. The summed E-state index contributed by atoms with van der Waals surface area (Å²) in [7, 11) is 0. The van der Waals surface area contributed by atoms with Crippen molar-refractivity contribution in [2.45, 2.75) is 52.5 Å². The number of nitrogens with one attached hydrogen (secondary N) is 1. The minimum Gasteiger partial charge on any atom is -0.367 e. The maximum Gasteiger partial charge on any atom is 0.137 e. The van der Waals surface area contributed by atoms with E-state index in [1.54, 1.807) is 0 Å². The molecule has 1 N–H and O–H groups in total. The molecule has 0 aliphatic heterocycles. The smallest absolute Gasteiger partial charge is 0.137 e. The van der Waals surface area contributed by atoms with Crippen LogP contribution in [0.3, 0.4) is 0 Å². The second-order valence-corrected chi connectivity index (χ2v) is 5.15. The fourth-order valence-corrected chi connectivity index (χ4v) is 2.31. The minimum atomic E-state index is 0.576. The maximum atomic E-state index is 6.11. The molecule has 17 heavy (non-hydrogen) atoms. The van der Waals surface area contributed by atoms with Gasteiger partial charge in [0.05, 0.1) is 0 Å². The normalized spacial score (nSPS) is 22.6. The molecule has 2 unspecified atom stereocenters. The van der Waals surface area contributed by atoms with Crippen LogP contribution in [0, 0.1) is 12.8 Å². The molecule has 1 saturated carbocycles. The maximum absolute atomic E-state index is 6.11. The van der Waals surface area contributed by atoms with Crippen molar-refractivity contribution in [2.75, 3.05) is 5.32 Å². The number of anilines is 1. The molecule has 1 aliphatic rings. The number of hydrogen-bond acceptors (Lipinski definition) is 3. The molecule has 0 radical (unpaired) electrons. The van der Waals surface area contributed by atoms with E-state index in [4.69, 9.17) is 11.6 Å². The van der Waals surface area contributed by atoms with E-state index in [1.165, 1.54) is 19.3 Å². The molecule has 0 amide bonds.